The molecule has 1 heterocycles. The number of esters is 1. The van der Waals surface area contributed by atoms with Gasteiger partial charge in [-0.25, -0.2) is 4.68 Å². The van der Waals surface area contributed by atoms with Crippen molar-refractivity contribution < 1.29 is 14.3 Å². The average Bonchev–Trinajstić information content (AvgIpc) is 2.64. The van der Waals surface area contributed by atoms with Gasteiger partial charge < -0.3 is 10.1 Å². The van der Waals surface area contributed by atoms with Crippen LogP contribution in [-0.4, -0.2) is 40.5 Å². The van der Waals surface area contributed by atoms with Crippen LogP contribution < -0.4 is 10.9 Å². The van der Waals surface area contributed by atoms with Gasteiger partial charge in [-0.2, -0.15) is 0 Å². The molecule has 1 N–H and O–H groups in total. The summed E-state index contributed by atoms with van der Waals surface area (Å²) in [6, 6.07) is 6.97. The van der Waals surface area contributed by atoms with Crippen molar-refractivity contribution in [2.45, 2.75) is 38.6 Å². The number of hydrogen-bond acceptors (Lipinski definition) is 6. The molecule has 8 nitrogen and oxygen atoms in total. The number of nitrogens with one attached hydrogen (secondary N) is 1. The lowest BCUT2D eigenvalue weighted by atomic mass is 10.2. The lowest BCUT2D eigenvalue weighted by molar-refractivity contribution is -0.140. The summed E-state index contributed by atoms with van der Waals surface area (Å²) >= 11 is 0. The van der Waals surface area contributed by atoms with E-state index in [9.17, 15) is 14.4 Å². The molecule has 0 fully saturated rings. The second-order valence-corrected chi connectivity index (χ2v) is 5.62. The fourth-order valence-electron chi connectivity index (χ4n) is 2.37. The summed E-state index contributed by atoms with van der Waals surface area (Å²) in [5.41, 5.74) is 0.293. The van der Waals surface area contributed by atoms with Gasteiger partial charge in [0.05, 0.1) is 19.0 Å². The molecule has 1 aromatic carbocycles. The fourth-order valence-corrected chi connectivity index (χ4v) is 2.37. The molecule has 2 rings (SSSR count). The molecule has 0 saturated heterocycles. The van der Waals surface area contributed by atoms with Gasteiger partial charge in [0.15, 0.2) is 0 Å². The Balaban J connectivity index is 1.71. The van der Waals surface area contributed by atoms with Crippen LogP contribution in [0.1, 0.15) is 32.1 Å². The van der Waals surface area contributed by atoms with Crippen LogP contribution in [0.2, 0.25) is 0 Å². The molecule has 134 valence electrons. The summed E-state index contributed by atoms with van der Waals surface area (Å²) in [4.78, 5) is 35.0. The van der Waals surface area contributed by atoms with Gasteiger partial charge in [-0.3, -0.25) is 14.4 Å². The second kappa shape index (κ2) is 9.51. The number of carbonyl (C=O) groups is 2. The number of nitrogens with zero attached hydrogens (tertiary/aromatic N) is 3. The largest absolute Gasteiger partial charge is 0.469 e. The van der Waals surface area contributed by atoms with Crippen molar-refractivity contribution in [2.24, 2.45) is 0 Å². The maximum absolute atomic E-state index is 12.2. The average molecular weight is 346 g/mol. The number of benzene rings is 1. The minimum atomic E-state index is -0.249. The number of unbranched alkanes of at least 4 members (excludes halogenated alkanes) is 2. The summed E-state index contributed by atoms with van der Waals surface area (Å²) < 4.78 is 5.76. The first-order valence-corrected chi connectivity index (χ1v) is 8.28. The first kappa shape index (κ1) is 18.6. The van der Waals surface area contributed by atoms with Crippen LogP contribution in [-0.2, 0) is 20.9 Å². The van der Waals surface area contributed by atoms with Crippen molar-refractivity contribution in [1.29, 1.82) is 0 Å². The summed E-state index contributed by atoms with van der Waals surface area (Å²) in [5.74, 6) is -0.360. The van der Waals surface area contributed by atoms with Gasteiger partial charge in [-0.05, 0) is 25.0 Å². The predicted octanol–water partition coefficient (Wildman–Crippen LogP) is 1.03. The molecule has 0 aliphatic carbocycles. The van der Waals surface area contributed by atoms with Gasteiger partial charge in [-0.15, -0.1) is 5.10 Å². The van der Waals surface area contributed by atoms with Gasteiger partial charge in [0.1, 0.15) is 5.52 Å². The Morgan fingerprint density at radius 1 is 1.16 bits per heavy atom. The van der Waals surface area contributed by atoms with E-state index in [2.05, 4.69) is 20.4 Å². The molecule has 0 atom stereocenters. The van der Waals surface area contributed by atoms with E-state index in [1.54, 1.807) is 24.3 Å². The van der Waals surface area contributed by atoms with Crippen molar-refractivity contribution in [2.75, 3.05) is 13.7 Å². The van der Waals surface area contributed by atoms with Crippen molar-refractivity contribution in [3.63, 3.8) is 0 Å². The van der Waals surface area contributed by atoms with Crippen LogP contribution in [0.25, 0.3) is 10.9 Å². The number of methoxy groups -OCH3 is 1. The lowest BCUT2D eigenvalue weighted by Crippen LogP contribution is -2.29. The van der Waals surface area contributed by atoms with Crippen LogP contribution >= 0.6 is 0 Å². The van der Waals surface area contributed by atoms with E-state index in [1.807, 2.05) is 0 Å². The van der Waals surface area contributed by atoms with Crippen LogP contribution in [0.3, 0.4) is 0 Å². The number of aryl methyl sites for hydroxylation is 1. The Labute approximate surface area is 145 Å². The zero-order chi connectivity index (χ0) is 18.1. The van der Waals surface area contributed by atoms with E-state index in [4.69, 9.17) is 0 Å². The third-order valence-corrected chi connectivity index (χ3v) is 3.79. The molecule has 1 amide bonds. The van der Waals surface area contributed by atoms with Crippen LogP contribution in [0, 0.1) is 0 Å². The number of aromatic nitrogens is 3. The molecule has 1 aromatic heterocycles. The van der Waals surface area contributed by atoms with Crippen molar-refractivity contribution in [3.8, 4) is 0 Å². The molecule has 0 unspecified atom stereocenters. The van der Waals surface area contributed by atoms with Crippen molar-refractivity contribution in [1.82, 2.24) is 20.3 Å². The van der Waals surface area contributed by atoms with Gasteiger partial charge in [-0.1, -0.05) is 23.8 Å². The lowest BCUT2D eigenvalue weighted by Gasteiger charge is -2.06. The topological polar surface area (TPSA) is 103 Å². The smallest absolute Gasteiger partial charge is 0.305 e. The summed E-state index contributed by atoms with van der Waals surface area (Å²) in [6.07, 6.45) is 2.93. The highest BCUT2D eigenvalue weighted by atomic mass is 16.5. The highest BCUT2D eigenvalue weighted by Gasteiger charge is 2.07. The standard InChI is InChI=1S/C17H22N4O4/c1-25-16(23)9-3-2-6-11-18-15(22)10-12-21-17(24)13-7-4-5-8-14(13)19-20-21/h4-5,7-8H,2-3,6,9-12H2,1H3,(H,18,22). The quantitative estimate of drug-likeness (QED) is 0.537. The summed E-state index contributed by atoms with van der Waals surface area (Å²) in [6.45, 7) is 0.725. The first-order chi connectivity index (χ1) is 12.1. The van der Waals surface area contributed by atoms with E-state index in [0.717, 1.165) is 19.3 Å². The van der Waals surface area contributed by atoms with E-state index in [1.165, 1.54) is 11.8 Å². The van der Waals surface area contributed by atoms with E-state index < -0.39 is 0 Å². The number of rotatable bonds is 9. The van der Waals surface area contributed by atoms with E-state index in [-0.39, 0.29) is 30.4 Å². The SMILES string of the molecule is COC(=O)CCCCCNC(=O)CCn1nnc2ccccc2c1=O. The minimum Gasteiger partial charge on any atom is -0.469 e. The monoisotopic (exact) mass is 346 g/mol. The van der Waals surface area contributed by atoms with Crippen LogP contribution in [0.4, 0.5) is 0 Å². The molecule has 8 heteroatoms. The van der Waals surface area contributed by atoms with Gasteiger partial charge in [0, 0.05) is 19.4 Å². The van der Waals surface area contributed by atoms with Gasteiger partial charge in [0.2, 0.25) is 5.91 Å². The molecular weight excluding hydrogens is 324 g/mol. The molecule has 0 aliphatic rings. The molecule has 0 saturated carbocycles. The molecule has 2 aromatic rings. The van der Waals surface area contributed by atoms with Crippen LogP contribution in [0.15, 0.2) is 29.1 Å². The molecule has 0 bridgehead atoms. The highest BCUT2D eigenvalue weighted by molar-refractivity contribution is 5.77. The van der Waals surface area contributed by atoms with Crippen molar-refractivity contribution >= 4 is 22.8 Å². The Bertz CT molecular complexity index is 788. The van der Waals surface area contributed by atoms with Gasteiger partial charge in [0.25, 0.3) is 5.56 Å². The second-order valence-electron chi connectivity index (χ2n) is 5.62. The van der Waals surface area contributed by atoms with Crippen LogP contribution in [0.5, 0.6) is 0 Å². The van der Waals surface area contributed by atoms with Crippen molar-refractivity contribution in [3.05, 3.63) is 34.6 Å². The Hall–Kier alpha value is -2.77. The number of fused-ring (bicyclic) bond motifs is 1. The first-order valence-electron chi connectivity index (χ1n) is 8.28. The molecule has 0 spiro atoms. The zero-order valence-corrected chi connectivity index (χ0v) is 14.2. The number of hydrogen-bond donors (Lipinski definition) is 1. The summed E-state index contributed by atoms with van der Waals surface area (Å²) in [5, 5.41) is 11.1. The number of ether oxygens (including phenoxy) is 1. The maximum atomic E-state index is 12.2. The maximum Gasteiger partial charge on any atom is 0.305 e. The minimum absolute atomic E-state index is 0.144. The molecule has 25 heavy (non-hydrogen) atoms. The normalized spacial score (nSPS) is 10.6. The third-order valence-electron chi connectivity index (χ3n) is 3.79. The third kappa shape index (κ3) is 5.66. The predicted molar refractivity (Wildman–Crippen MR) is 91.9 cm³/mol. The number of carbonyl (C=O) groups excluding carboxylic acids is 2. The Kier molecular flexibility index (Phi) is 7.06. The highest BCUT2D eigenvalue weighted by Crippen LogP contribution is 2.03. The Morgan fingerprint density at radius 3 is 2.76 bits per heavy atom. The van der Waals surface area contributed by atoms with E-state index >= 15 is 0 Å². The van der Waals surface area contributed by atoms with Gasteiger partial charge >= 0.3 is 5.97 Å². The molecular formula is C17H22N4O4. The molecule has 0 aliphatic heterocycles. The summed E-state index contributed by atoms with van der Waals surface area (Å²) in [7, 11) is 1.37. The molecule has 0 radical (unpaired) electrons. The van der Waals surface area contributed by atoms with E-state index in [0.29, 0.717) is 23.9 Å². The Morgan fingerprint density at radius 2 is 1.96 bits per heavy atom. The number of amides is 1. The zero-order valence-electron chi connectivity index (χ0n) is 14.2. The fraction of sp³-hybridized carbons (Fsp3) is 0.471.